The second-order valence-electron chi connectivity index (χ2n) is 7.84. The summed E-state index contributed by atoms with van der Waals surface area (Å²) in [6.45, 7) is 0. The van der Waals surface area contributed by atoms with Gasteiger partial charge in [-0.3, -0.25) is 0 Å². The molecule has 2 aliphatic carbocycles. The maximum atomic E-state index is 14.1. The molecular formula is C24H14F8S. The molecule has 0 heterocycles. The van der Waals surface area contributed by atoms with Crippen LogP contribution in [0.5, 0.6) is 0 Å². The molecule has 0 unspecified atom stereocenters. The Kier molecular flexibility index (Phi) is 6.13. The molecule has 0 aliphatic heterocycles. The molecule has 4 rings (SSSR count). The summed E-state index contributed by atoms with van der Waals surface area (Å²) in [6, 6.07) is 2.10. The molecule has 0 amide bonds. The van der Waals surface area contributed by atoms with E-state index in [9.17, 15) is 35.1 Å². The van der Waals surface area contributed by atoms with Crippen LogP contribution in [-0.4, -0.2) is 0 Å². The molecule has 172 valence electrons. The number of alkyl halides is 6. The Hall–Kier alpha value is -2.65. The number of hydrogen-bond donors (Lipinski definition) is 0. The van der Waals surface area contributed by atoms with Gasteiger partial charge in [-0.2, -0.15) is 26.3 Å². The van der Waals surface area contributed by atoms with Gasteiger partial charge < -0.3 is 0 Å². The van der Waals surface area contributed by atoms with Gasteiger partial charge in [-0.15, -0.1) is 0 Å². The van der Waals surface area contributed by atoms with Crippen LogP contribution in [0.3, 0.4) is 0 Å². The molecule has 33 heavy (non-hydrogen) atoms. The first-order chi connectivity index (χ1) is 15.4. The Morgan fingerprint density at radius 3 is 1.30 bits per heavy atom. The van der Waals surface area contributed by atoms with Gasteiger partial charge in [0.1, 0.15) is 11.6 Å². The van der Waals surface area contributed by atoms with Crippen LogP contribution >= 0.6 is 11.8 Å². The van der Waals surface area contributed by atoms with Crippen molar-refractivity contribution in [2.45, 2.75) is 47.8 Å². The summed E-state index contributed by atoms with van der Waals surface area (Å²) in [6.07, 6.45) is -7.01. The molecule has 2 saturated carbocycles. The van der Waals surface area contributed by atoms with Crippen molar-refractivity contribution < 1.29 is 35.1 Å². The van der Waals surface area contributed by atoms with Crippen LogP contribution in [0.25, 0.3) is 0 Å². The molecule has 2 aliphatic rings. The molecule has 0 spiro atoms. The van der Waals surface area contributed by atoms with Crippen molar-refractivity contribution in [3.8, 4) is 23.7 Å². The highest BCUT2D eigenvalue weighted by molar-refractivity contribution is 7.99. The minimum Gasteiger partial charge on any atom is -0.207 e. The second kappa shape index (κ2) is 8.61. The van der Waals surface area contributed by atoms with Crippen molar-refractivity contribution in [1.82, 2.24) is 0 Å². The Morgan fingerprint density at radius 2 is 1.00 bits per heavy atom. The van der Waals surface area contributed by atoms with Gasteiger partial charge in [-0.05, 0) is 49.9 Å². The third-order valence-corrected chi connectivity index (χ3v) is 6.01. The molecule has 0 atom stereocenters. The van der Waals surface area contributed by atoms with Gasteiger partial charge in [-0.25, -0.2) is 8.78 Å². The number of hydrogen-bond acceptors (Lipinski definition) is 1. The lowest BCUT2D eigenvalue weighted by Crippen LogP contribution is -2.11. The minimum atomic E-state index is -4.95. The van der Waals surface area contributed by atoms with E-state index in [1.54, 1.807) is 0 Å². The fraction of sp³-hybridized carbons (Fsp3) is 0.333. The topological polar surface area (TPSA) is 0 Å². The summed E-state index contributed by atoms with van der Waals surface area (Å²) in [4.78, 5) is -0.715. The van der Waals surface area contributed by atoms with E-state index >= 15 is 0 Å². The Balaban J connectivity index is 1.89. The van der Waals surface area contributed by atoms with Gasteiger partial charge >= 0.3 is 12.4 Å². The van der Waals surface area contributed by atoms with Crippen LogP contribution < -0.4 is 0 Å². The minimum absolute atomic E-state index is 0.0834. The SMILES string of the molecule is Fc1cc(Sc2cc(F)cc(C(F)(F)F)c2C#CC2CC2)c(C#CC2CC2)c(C(F)(F)F)c1. The zero-order valence-electron chi connectivity index (χ0n) is 16.7. The van der Waals surface area contributed by atoms with E-state index in [1.807, 2.05) is 0 Å². The molecule has 0 N–H and O–H groups in total. The van der Waals surface area contributed by atoms with Crippen LogP contribution in [0.15, 0.2) is 34.1 Å². The number of rotatable bonds is 2. The lowest BCUT2D eigenvalue weighted by molar-refractivity contribution is -0.138. The summed E-state index contributed by atoms with van der Waals surface area (Å²) in [5.74, 6) is 7.56. The maximum Gasteiger partial charge on any atom is 0.417 e. The van der Waals surface area contributed by atoms with Crippen LogP contribution in [0.2, 0.25) is 0 Å². The van der Waals surface area contributed by atoms with E-state index in [2.05, 4.69) is 23.7 Å². The van der Waals surface area contributed by atoms with E-state index in [0.717, 1.165) is 37.8 Å². The van der Waals surface area contributed by atoms with Gasteiger partial charge in [-0.1, -0.05) is 35.4 Å². The molecular weight excluding hydrogens is 472 g/mol. The molecule has 0 bridgehead atoms. The van der Waals surface area contributed by atoms with Crippen molar-refractivity contribution in [2.24, 2.45) is 11.8 Å². The predicted octanol–water partition coefficient (Wildman–Crippen LogP) is 7.68. The van der Waals surface area contributed by atoms with Gasteiger partial charge in [0.05, 0.1) is 22.3 Å². The Labute approximate surface area is 188 Å². The molecule has 2 aromatic carbocycles. The summed E-state index contributed by atoms with van der Waals surface area (Å²) >= 11 is 0.389. The van der Waals surface area contributed by atoms with Gasteiger partial charge in [0.15, 0.2) is 0 Å². The number of halogens is 8. The molecule has 0 aromatic heterocycles. The fourth-order valence-corrected chi connectivity index (χ4v) is 4.06. The third-order valence-electron chi connectivity index (χ3n) is 4.92. The first kappa shape index (κ1) is 23.5. The van der Waals surface area contributed by atoms with Gasteiger partial charge in [0.2, 0.25) is 0 Å². The second-order valence-corrected chi connectivity index (χ2v) is 8.92. The Morgan fingerprint density at radius 1 is 0.636 bits per heavy atom. The smallest absolute Gasteiger partial charge is 0.207 e. The Bertz CT molecular complexity index is 1110. The van der Waals surface area contributed by atoms with Crippen LogP contribution in [0.4, 0.5) is 35.1 Å². The van der Waals surface area contributed by atoms with Crippen LogP contribution in [0, 0.1) is 47.2 Å². The van der Waals surface area contributed by atoms with Crippen molar-refractivity contribution in [2.75, 3.05) is 0 Å². The summed E-state index contributed by atoms with van der Waals surface area (Å²) < 4.78 is 110. The summed E-state index contributed by atoms with van der Waals surface area (Å²) in [5, 5.41) is 0. The van der Waals surface area contributed by atoms with E-state index in [-0.39, 0.29) is 21.6 Å². The predicted molar refractivity (Wildman–Crippen MR) is 106 cm³/mol. The van der Waals surface area contributed by atoms with E-state index in [4.69, 9.17) is 0 Å². The quantitative estimate of drug-likeness (QED) is 0.310. The highest BCUT2D eigenvalue weighted by Crippen LogP contribution is 2.43. The maximum absolute atomic E-state index is 14.1. The standard InChI is InChI=1S/C24H14F8S/c25-15-9-19(23(27,28)29)17(7-5-13-1-2-13)21(11-15)33-22-12-16(26)10-20(24(30,31)32)18(22)8-6-14-3-4-14/h9-14H,1-4H2. The average molecular weight is 486 g/mol. The zero-order valence-corrected chi connectivity index (χ0v) is 17.5. The monoisotopic (exact) mass is 486 g/mol. The third kappa shape index (κ3) is 5.83. The van der Waals surface area contributed by atoms with E-state index in [1.165, 1.54) is 0 Å². The zero-order chi connectivity index (χ0) is 24.0. The van der Waals surface area contributed by atoms with Crippen LogP contribution in [0.1, 0.15) is 47.9 Å². The van der Waals surface area contributed by atoms with Crippen molar-refractivity contribution in [3.05, 3.63) is 58.2 Å². The largest absolute Gasteiger partial charge is 0.417 e. The van der Waals surface area contributed by atoms with Gasteiger partial charge in [0, 0.05) is 21.6 Å². The average Bonchev–Trinajstić information content (AvgIpc) is 3.59. The first-order valence-electron chi connectivity index (χ1n) is 9.94. The van der Waals surface area contributed by atoms with Crippen molar-refractivity contribution in [3.63, 3.8) is 0 Å². The van der Waals surface area contributed by atoms with Crippen molar-refractivity contribution >= 4 is 11.8 Å². The summed E-state index contributed by atoms with van der Waals surface area (Å²) in [5.41, 5.74) is -3.79. The lowest BCUT2D eigenvalue weighted by atomic mass is 10.1. The summed E-state index contributed by atoms with van der Waals surface area (Å²) in [7, 11) is 0. The van der Waals surface area contributed by atoms with Gasteiger partial charge in [0.25, 0.3) is 0 Å². The highest BCUT2D eigenvalue weighted by Gasteiger charge is 2.37. The normalized spacial score (nSPS) is 16.0. The molecule has 0 saturated heterocycles. The molecule has 0 radical (unpaired) electrons. The molecule has 9 heteroatoms. The van der Waals surface area contributed by atoms with Crippen molar-refractivity contribution in [1.29, 1.82) is 0 Å². The fourth-order valence-electron chi connectivity index (χ4n) is 2.95. The van der Waals surface area contributed by atoms with E-state index in [0.29, 0.717) is 23.9 Å². The van der Waals surface area contributed by atoms with E-state index < -0.39 is 46.2 Å². The van der Waals surface area contributed by atoms with Crippen LogP contribution in [-0.2, 0) is 12.4 Å². The molecule has 0 nitrogen and oxygen atoms in total. The first-order valence-corrected chi connectivity index (χ1v) is 10.8. The lowest BCUT2D eigenvalue weighted by Gasteiger charge is -2.16. The number of benzene rings is 2. The molecule has 2 aromatic rings. The molecule has 2 fully saturated rings. The highest BCUT2D eigenvalue weighted by atomic mass is 32.2.